The van der Waals surface area contributed by atoms with E-state index < -0.39 is 0 Å². The van der Waals surface area contributed by atoms with E-state index >= 15 is 0 Å². The molecule has 0 aliphatic heterocycles. The number of hydrogen-bond donors (Lipinski definition) is 1. The number of fused-ring (bicyclic) bond motifs is 1. The number of nitrogen functional groups attached to an aromatic ring is 1. The van der Waals surface area contributed by atoms with Crippen LogP contribution in [0.5, 0.6) is 0 Å². The third kappa shape index (κ3) is 3.26. The fourth-order valence-corrected chi connectivity index (χ4v) is 3.32. The Morgan fingerprint density at radius 3 is 2.67 bits per heavy atom. The van der Waals surface area contributed by atoms with Crippen LogP contribution in [0, 0.1) is 5.82 Å². The zero-order valence-electron chi connectivity index (χ0n) is 16.0. The van der Waals surface area contributed by atoms with E-state index in [4.69, 9.17) is 5.73 Å². The van der Waals surface area contributed by atoms with Crippen molar-refractivity contribution < 1.29 is 4.39 Å². The van der Waals surface area contributed by atoms with Crippen LogP contribution in [0.25, 0.3) is 28.0 Å². The fourth-order valence-electron chi connectivity index (χ4n) is 3.32. The van der Waals surface area contributed by atoms with Gasteiger partial charge in [-0.05, 0) is 42.8 Å². The first-order valence-corrected chi connectivity index (χ1v) is 9.32. The van der Waals surface area contributed by atoms with Crippen molar-refractivity contribution in [1.82, 2.24) is 34.6 Å². The van der Waals surface area contributed by atoms with Crippen LogP contribution < -0.4 is 5.73 Å². The topological polar surface area (TPSA) is 99.8 Å². The molecule has 9 heteroatoms. The first-order chi connectivity index (χ1) is 14.6. The number of pyridine rings is 1. The Hall–Kier alpha value is -4.14. The Kier molecular flexibility index (Phi) is 4.20. The SMILES string of the molecule is C[C@H](c1ccc(F)cc1)n1cc(-c2cnnc(-c3ccn4nc(N)nc4c3)c2)cn1. The second-order valence-corrected chi connectivity index (χ2v) is 6.95. The molecular weight excluding hydrogens is 383 g/mol. The molecule has 148 valence electrons. The molecule has 0 fully saturated rings. The molecule has 4 heterocycles. The van der Waals surface area contributed by atoms with Crippen LogP contribution >= 0.6 is 0 Å². The van der Waals surface area contributed by atoms with E-state index in [0.29, 0.717) is 11.3 Å². The number of anilines is 1. The lowest BCUT2D eigenvalue weighted by Gasteiger charge is -2.12. The van der Waals surface area contributed by atoms with E-state index in [9.17, 15) is 4.39 Å². The van der Waals surface area contributed by atoms with E-state index in [1.54, 1.807) is 35.2 Å². The normalized spacial score (nSPS) is 12.3. The molecule has 8 nitrogen and oxygen atoms in total. The van der Waals surface area contributed by atoms with Gasteiger partial charge in [0.1, 0.15) is 5.82 Å². The Balaban J connectivity index is 1.46. The van der Waals surface area contributed by atoms with Crippen molar-refractivity contribution in [2.24, 2.45) is 0 Å². The summed E-state index contributed by atoms with van der Waals surface area (Å²) in [5, 5.41) is 16.9. The van der Waals surface area contributed by atoms with E-state index in [0.717, 1.165) is 22.3 Å². The quantitative estimate of drug-likeness (QED) is 0.496. The summed E-state index contributed by atoms with van der Waals surface area (Å²) in [6.45, 7) is 2.01. The van der Waals surface area contributed by atoms with Crippen LogP contribution in [0.1, 0.15) is 18.5 Å². The second-order valence-electron chi connectivity index (χ2n) is 6.95. The van der Waals surface area contributed by atoms with Crippen molar-refractivity contribution in [3.63, 3.8) is 0 Å². The maximum atomic E-state index is 13.2. The molecule has 0 amide bonds. The molecule has 30 heavy (non-hydrogen) atoms. The summed E-state index contributed by atoms with van der Waals surface area (Å²) < 4.78 is 16.6. The smallest absolute Gasteiger partial charge is 0.240 e. The van der Waals surface area contributed by atoms with Gasteiger partial charge in [0.25, 0.3) is 0 Å². The van der Waals surface area contributed by atoms with Gasteiger partial charge in [0, 0.05) is 29.1 Å². The van der Waals surface area contributed by atoms with Gasteiger partial charge in [-0.15, -0.1) is 5.10 Å². The van der Waals surface area contributed by atoms with E-state index in [2.05, 4.69) is 25.4 Å². The zero-order chi connectivity index (χ0) is 20.7. The van der Waals surface area contributed by atoms with Crippen molar-refractivity contribution in [1.29, 1.82) is 0 Å². The lowest BCUT2D eigenvalue weighted by atomic mass is 10.1. The maximum absolute atomic E-state index is 13.2. The van der Waals surface area contributed by atoms with Gasteiger partial charge < -0.3 is 5.73 Å². The minimum absolute atomic E-state index is 0.0329. The number of hydrogen-bond acceptors (Lipinski definition) is 6. The number of benzene rings is 1. The molecule has 5 rings (SSSR count). The lowest BCUT2D eigenvalue weighted by molar-refractivity contribution is 0.561. The third-order valence-corrected chi connectivity index (χ3v) is 4.99. The molecule has 1 aromatic carbocycles. The third-order valence-electron chi connectivity index (χ3n) is 4.99. The fraction of sp³-hybridized carbons (Fsp3) is 0.0952. The zero-order valence-corrected chi connectivity index (χ0v) is 16.0. The van der Waals surface area contributed by atoms with Crippen LogP contribution in [0.3, 0.4) is 0 Å². The summed E-state index contributed by atoms with van der Waals surface area (Å²) in [5.74, 6) is -0.0378. The standard InChI is InChI=1S/C21H17FN8/c1-13(14-2-4-18(22)5-3-14)30-12-17(11-25-30)16-8-19(27-24-10-16)15-6-7-29-20(9-15)26-21(23)28-29/h2-13H,1H3,(H2,23,28)/t13-/m1/s1. The van der Waals surface area contributed by atoms with Crippen LogP contribution in [0.15, 0.2) is 67.3 Å². The number of aromatic nitrogens is 7. The van der Waals surface area contributed by atoms with Gasteiger partial charge in [0.15, 0.2) is 5.65 Å². The molecule has 0 saturated carbocycles. The maximum Gasteiger partial charge on any atom is 0.240 e. The number of halogens is 1. The summed E-state index contributed by atoms with van der Waals surface area (Å²) in [5.41, 5.74) is 10.6. The van der Waals surface area contributed by atoms with Gasteiger partial charge in [-0.1, -0.05) is 12.1 Å². The number of nitrogens with zero attached hydrogens (tertiary/aromatic N) is 7. The summed E-state index contributed by atoms with van der Waals surface area (Å²) in [6, 6.07) is 12.1. The van der Waals surface area contributed by atoms with Crippen molar-refractivity contribution in [3.05, 3.63) is 78.6 Å². The molecule has 1 atom stereocenters. The Bertz CT molecular complexity index is 1340. The van der Waals surface area contributed by atoms with Gasteiger partial charge in [-0.2, -0.15) is 20.3 Å². The van der Waals surface area contributed by atoms with Crippen molar-refractivity contribution >= 4 is 11.6 Å². The molecule has 0 saturated heterocycles. The Morgan fingerprint density at radius 2 is 1.83 bits per heavy atom. The van der Waals surface area contributed by atoms with Crippen molar-refractivity contribution in [2.45, 2.75) is 13.0 Å². The first-order valence-electron chi connectivity index (χ1n) is 9.32. The molecule has 0 bridgehead atoms. The van der Waals surface area contributed by atoms with Crippen LogP contribution in [-0.4, -0.2) is 34.6 Å². The monoisotopic (exact) mass is 400 g/mol. The Morgan fingerprint density at radius 1 is 1.00 bits per heavy atom. The predicted octanol–water partition coefficient (Wildman–Crippen LogP) is 3.38. The average molecular weight is 400 g/mol. The lowest BCUT2D eigenvalue weighted by Crippen LogP contribution is -2.06. The highest BCUT2D eigenvalue weighted by Gasteiger charge is 2.12. The van der Waals surface area contributed by atoms with Gasteiger partial charge >= 0.3 is 0 Å². The van der Waals surface area contributed by atoms with Crippen molar-refractivity contribution in [2.75, 3.05) is 5.73 Å². The second kappa shape index (κ2) is 7.03. The van der Waals surface area contributed by atoms with Crippen LogP contribution in [-0.2, 0) is 0 Å². The number of nitrogens with two attached hydrogens (primary N) is 1. The average Bonchev–Trinajstić information content (AvgIpc) is 3.39. The Labute approximate surface area is 170 Å². The predicted molar refractivity (Wildman–Crippen MR) is 110 cm³/mol. The van der Waals surface area contributed by atoms with Gasteiger partial charge in [-0.25, -0.2) is 8.91 Å². The highest BCUT2D eigenvalue weighted by Crippen LogP contribution is 2.26. The van der Waals surface area contributed by atoms with Gasteiger partial charge in [0.05, 0.1) is 24.1 Å². The number of rotatable bonds is 4. The highest BCUT2D eigenvalue weighted by atomic mass is 19.1. The molecule has 0 unspecified atom stereocenters. The van der Waals surface area contributed by atoms with Crippen molar-refractivity contribution in [3.8, 4) is 22.4 Å². The van der Waals surface area contributed by atoms with E-state index in [1.807, 2.05) is 36.0 Å². The summed E-state index contributed by atoms with van der Waals surface area (Å²) >= 11 is 0. The summed E-state index contributed by atoms with van der Waals surface area (Å²) in [4.78, 5) is 4.18. The molecule has 5 aromatic rings. The largest absolute Gasteiger partial charge is 0.366 e. The molecule has 0 aliphatic carbocycles. The van der Waals surface area contributed by atoms with E-state index in [-0.39, 0.29) is 17.8 Å². The molecule has 2 N–H and O–H groups in total. The summed E-state index contributed by atoms with van der Waals surface area (Å²) in [7, 11) is 0. The first kappa shape index (κ1) is 17.9. The van der Waals surface area contributed by atoms with Crippen LogP contribution in [0.4, 0.5) is 10.3 Å². The molecule has 0 aliphatic rings. The van der Waals surface area contributed by atoms with Gasteiger partial charge in [-0.3, -0.25) is 4.68 Å². The molecular formula is C21H17FN8. The van der Waals surface area contributed by atoms with E-state index in [1.165, 1.54) is 12.1 Å². The molecule has 0 radical (unpaired) electrons. The molecule has 4 aromatic heterocycles. The minimum atomic E-state index is -0.255. The summed E-state index contributed by atoms with van der Waals surface area (Å²) in [6.07, 6.45) is 7.20. The highest BCUT2D eigenvalue weighted by molar-refractivity contribution is 5.70. The van der Waals surface area contributed by atoms with Gasteiger partial charge in [0.2, 0.25) is 5.95 Å². The van der Waals surface area contributed by atoms with Crippen LogP contribution in [0.2, 0.25) is 0 Å². The molecule has 0 spiro atoms. The minimum Gasteiger partial charge on any atom is -0.366 e.